The lowest BCUT2D eigenvalue weighted by Crippen LogP contribution is -2.35. The van der Waals surface area contributed by atoms with Crippen molar-refractivity contribution < 1.29 is 19.1 Å². The molecule has 0 bridgehead atoms. The third-order valence-corrected chi connectivity index (χ3v) is 5.16. The number of hydrogen-bond acceptors (Lipinski definition) is 4. The maximum atomic E-state index is 11.6. The van der Waals surface area contributed by atoms with E-state index in [4.69, 9.17) is 9.47 Å². The third-order valence-electron chi connectivity index (χ3n) is 5.16. The molecule has 4 nitrogen and oxygen atoms in total. The molecule has 0 amide bonds. The summed E-state index contributed by atoms with van der Waals surface area (Å²) in [4.78, 5) is 23.2. The summed E-state index contributed by atoms with van der Waals surface area (Å²) in [5.41, 5.74) is 0.842. The van der Waals surface area contributed by atoms with Gasteiger partial charge in [0.2, 0.25) is 0 Å². The summed E-state index contributed by atoms with van der Waals surface area (Å²) < 4.78 is 10.6. The molecule has 0 radical (unpaired) electrons. The van der Waals surface area contributed by atoms with Crippen molar-refractivity contribution in [1.29, 1.82) is 0 Å². The van der Waals surface area contributed by atoms with E-state index < -0.39 is 0 Å². The molecule has 25 heavy (non-hydrogen) atoms. The van der Waals surface area contributed by atoms with E-state index in [0.29, 0.717) is 36.2 Å². The monoisotopic (exact) mass is 352 g/mol. The van der Waals surface area contributed by atoms with Crippen LogP contribution in [0.3, 0.4) is 0 Å². The van der Waals surface area contributed by atoms with Crippen molar-refractivity contribution in [2.45, 2.75) is 67.2 Å². The van der Waals surface area contributed by atoms with Gasteiger partial charge in [-0.2, -0.15) is 0 Å². The minimum absolute atomic E-state index is 0.000988. The van der Waals surface area contributed by atoms with Gasteiger partial charge in [-0.1, -0.05) is 53.7 Å². The van der Waals surface area contributed by atoms with Crippen LogP contribution >= 0.6 is 0 Å². The van der Waals surface area contributed by atoms with Crippen molar-refractivity contribution in [1.82, 2.24) is 0 Å². The number of rotatable bonds is 12. The maximum Gasteiger partial charge on any atom is 0.333 e. The van der Waals surface area contributed by atoms with Crippen LogP contribution in [0.2, 0.25) is 0 Å². The summed E-state index contributed by atoms with van der Waals surface area (Å²) in [7, 11) is 0. The number of ether oxygens (including phenoxy) is 2. The van der Waals surface area contributed by atoms with Gasteiger partial charge in [0.05, 0.1) is 13.2 Å². The largest absolute Gasteiger partial charge is 0.462 e. The zero-order chi connectivity index (χ0) is 19.6. The van der Waals surface area contributed by atoms with Crippen molar-refractivity contribution in [3.05, 3.63) is 24.3 Å². The van der Waals surface area contributed by atoms with Crippen molar-refractivity contribution in [2.75, 3.05) is 13.2 Å². The van der Waals surface area contributed by atoms with E-state index in [1.807, 2.05) is 0 Å². The Bertz CT molecular complexity index is 478. The lowest BCUT2D eigenvalue weighted by atomic mass is 9.64. The lowest BCUT2D eigenvalue weighted by molar-refractivity contribution is -0.142. The minimum atomic E-state index is -0.339. The molecule has 144 valence electrons. The van der Waals surface area contributed by atoms with Gasteiger partial charge in [0, 0.05) is 11.1 Å². The molecule has 0 rings (SSSR count). The van der Waals surface area contributed by atoms with Gasteiger partial charge in [-0.05, 0) is 43.9 Å². The van der Waals surface area contributed by atoms with Gasteiger partial charge in [-0.25, -0.2) is 9.59 Å². The molecule has 0 aliphatic heterocycles. The van der Waals surface area contributed by atoms with E-state index in [0.717, 1.165) is 25.7 Å². The summed E-state index contributed by atoms with van der Waals surface area (Å²) in [6.45, 7) is 20.1. The lowest BCUT2D eigenvalue weighted by Gasteiger charge is -2.41. The number of carbonyl (C=O) groups is 2. The molecular weight excluding hydrogens is 316 g/mol. The Morgan fingerprint density at radius 1 is 0.960 bits per heavy atom. The van der Waals surface area contributed by atoms with Crippen LogP contribution in [0.1, 0.15) is 67.2 Å². The summed E-state index contributed by atoms with van der Waals surface area (Å²) >= 11 is 0. The average Bonchev–Trinajstić information content (AvgIpc) is 2.52. The summed E-state index contributed by atoms with van der Waals surface area (Å²) in [5, 5.41) is 0. The van der Waals surface area contributed by atoms with Crippen molar-refractivity contribution in [3.8, 4) is 0 Å². The summed E-state index contributed by atoms with van der Waals surface area (Å²) in [5.74, 6) is 0.133. The second-order valence-electron chi connectivity index (χ2n) is 7.52. The maximum absolute atomic E-state index is 11.6. The Kier molecular flexibility index (Phi) is 10.4. The van der Waals surface area contributed by atoms with Crippen LogP contribution in [0.5, 0.6) is 0 Å². The second kappa shape index (κ2) is 11.1. The van der Waals surface area contributed by atoms with Gasteiger partial charge >= 0.3 is 11.9 Å². The molecule has 0 aliphatic carbocycles. The van der Waals surface area contributed by atoms with Crippen LogP contribution in [0.15, 0.2) is 24.3 Å². The molecule has 0 saturated carbocycles. The standard InChI is InChI=1S/C21H36O4/c1-9-10-18(11-13-24-19(22)15(2)3)21(8,17(6)7)12-14-25-20(23)16(4)5/h17-18H,2,4,9-14H2,1,3,5-8H3. The normalized spacial score (nSPS) is 14.5. The topological polar surface area (TPSA) is 52.6 Å². The van der Waals surface area contributed by atoms with Crippen molar-refractivity contribution in [2.24, 2.45) is 17.3 Å². The Morgan fingerprint density at radius 3 is 1.84 bits per heavy atom. The van der Waals surface area contributed by atoms with Crippen LogP contribution in [0, 0.1) is 17.3 Å². The van der Waals surface area contributed by atoms with Gasteiger partial charge in [0.25, 0.3) is 0 Å². The molecule has 0 spiro atoms. The second-order valence-corrected chi connectivity index (χ2v) is 7.52. The highest BCUT2D eigenvalue weighted by Gasteiger charge is 2.36. The predicted molar refractivity (Wildman–Crippen MR) is 102 cm³/mol. The van der Waals surface area contributed by atoms with Crippen molar-refractivity contribution in [3.63, 3.8) is 0 Å². The number of esters is 2. The fourth-order valence-electron chi connectivity index (χ4n) is 3.02. The van der Waals surface area contributed by atoms with Crippen LogP contribution in [-0.4, -0.2) is 25.2 Å². The van der Waals surface area contributed by atoms with Gasteiger partial charge < -0.3 is 9.47 Å². The highest BCUT2D eigenvalue weighted by Crippen LogP contribution is 2.43. The molecule has 0 aliphatic rings. The molecule has 0 N–H and O–H groups in total. The van der Waals surface area contributed by atoms with E-state index in [2.05, 4.69) is 40.9 Å². The zero-order valence-electron chi connectivity index (χ0n) is 16.9. The molecule has 2 unspecified atom stereocenters. The fraction of sp³-hybridized carbons (Fsp3) is 0.714. The van der Waals surface area contributed by atoms with Gasteiger partial charge in [0.1, 0.15) is 0 Å². The molecule has 0 saturated heterocycles. The Hall–Kier alpha value is -1.58. The van der Waals surface area contributed by atoms with Crippen LogP contribution in [0.25, 0.3) is 0 Å². The van der Waals surface area contributed by atoms with Crippen molar-refractivity contribution >= 4 is 11.9 Å². The molecule has 0 aromatic rings. The first-order chi connectivity index (χ1) is 11.6. The first-order valence-electron chi connectivity index (χ1n) is 9.21. The third kappa shape index (κ3) is 7.89. The molecule has 2 atom stereocenters. The minimum Gasteiger partial charge on any atom is -0.462 e. The Labute approximate surface area is 153 Å². The number of carbonyl (C=O) groups excluding carboxylic acids is 2. The number of hydrogen-bond donors (Lipinski definition) is 0. The molecule has 0 aromatic carbocycles. The van der Waals surface area contributed by atoms with Gasteiger partial charge in [-0.3, -0.25) is 0 Å². The zero-order valence-corrected chi connectivity index (χ0v) is 16.9. The molecule has 0 heterocycles. The summed E-state index contributed by atoms with van der Waals surface area (Å²) in [6.07, 6.45) is 3.69. The molecule has 0 aromatic heterocycles. The molecule has 4 heteroatoms. The van der Waals surface area contributed by atoms with Crippen LogP contribution in [0.4, 0.5) is 0 Å². The van der Waals surface area contributed by atoms with E-state index in [1.165, 1.54) is 0 Å². The van der Waals surface area contributed by atoms with Crippen LogP contribution in [-0.2, 0) is 19.1 Å². The first-order valence-corrected chi connectivity index (χ1v) is 9.21. The van der Waals surface area contributed by atoms with E-state index in [9.17, 15) is 9.59 Å². The highest BCUT2D eigenvalue weighted by molar-refractivity contribution is 5.87. The first kappa shape index (κ1) is 23.4. The molecule has 0 fully saturated rings. The van der Waals surface area contributed by atoms with Gasteiger partial charge in [0.15, 0.2) is 0 Å². The SMILES string of the molecule is C=C(C)C(=O)OCCC(CCC)C(C)(CCOC(=O)C(=C)C)C(C)C. The Morgan fingerprint density at radius 2 is 1.44 bits per heavy atom. The van der Waals surface area contributed by atoms with Gasteiger partial charge in [-0.15, -0.1) is 0 Å². The average molecular weight is 353 g/mol. The quantitative estimate of drug-likeness (QED) is 0.363. The van der Waals surface area contributed by atoms with Crippen LogP contribution < -0.4 is 0 Å². The van der Waals surface area contributed by atoms with E-state index >= 15 is 0 Å². The van der Waals surface area contributed by atoms with E-state index in [-0.39, 0.29) is 17.4 Å². The predicted octanol–water partition coefficient (Wildman–Crippen LogP) is 5.08. The molecular formula is C21H36O4. The summed E-state index contributed by atoms with van der Waals surface area (Å²) in [6, 6.07) is 0. The highest BCUT2D eigenvalue weighted by atomic mass is 16.5. The Balaban J connectivity index is 4.90. The fourth-order valence-corrected chi connectivity index (χ4v) is 3.02. The van der Waals surface area contributed by atoms with E-state index in [1.54, 1.807) is 13.8 Å². The smallest absolute Gasteiger partial charge is 0.333 e.